The molecule has 4 rings (SSSR count). The number of hydrogen-bond donors (Lipinski definition) is 4. The van der Waals surface area contributed by atoms with E-state index in [1.807, 2.05) is 12.1 Å². The van der Waals surface area contributed by atoms with Crippen molar-refractivity contribution in [2.24, 2.45) is 0 Å². The van der Waals surface area contributed by atoms with Crippen LogP contribution in [0.1, 0.15) is 29.7 Å². The van der Waals surface area contributed by atoms with Gasteiger partial charge in [0.15, 0.2) is 12.4 Å². The minimum Gasteiger partial charge on any atom is -0.382 e. The van der Waals surface area contributed by atoms with E-state index in [-0.39, 0.29) is 19.4 Å². The largest absolute Gasteiger partial charge is 0.382 e. The lowest BCUT2D eigenvalue weighted by molar-refractivity contribution is -0.149. The second-order valence-corrected chi connectivity index (χ2v) is 7.86. The minimum absolute atomic E-state index is 0.0312. The predicted molar refractivity (Wildman–Crippen MR) is 122 cm³/mol. The molecule has 8 nitrogen and oxygen atoms in total. The molecule has 9 heteroatoms. The number of hydrazine groups is 1. The van der Waals surface area contributed by atoms with Crippen LogP contribution in [0.4, 0.5) is 10.1 Å². The Morgan fingerprint density at radius 2 is 1.91 bits per heavy atom. The first-order valence-corrected chi connectivity index (χ1v) is 10.7. The zero-order chi connectivity index (χ0) is 24.0. The van der Waals surface area contributed by atoms with Crippen LogP contribution in [0, 0.1) is 5.82 Å². The number of aliphatic hydroxyl groups is 2. The van der Waals surface area contributed by atoms with Crippen molar-refractivity contribution in [3.63, 3.8) is 0 Å². The van der Waals surface area contributed by atoms with Gasteiger partial charge in [-0.3, -0.25) is 9.80 Å². The zero-order valence-corrected chi connectivity index (χ0v) is 18.6. The number of carbonyl (C=O) groups is 2. The summed E-state index contributed by atoms with van der Waals surface area (Å²) in [6, 6.07) is 13.5. The van der Waals surface area contributed by atoms with Gasteiger partial charge in [-0.15, -0.1) is 0 Å². The molecule has 0 saturated carbocycles. The topological polar surface area (TPSA) is 105 Å². The molecular weight excluding hydrogens is 427 g/mol. The van der Waals surface area contributed by atoms with Crippen LogP contribution in [0.3, 0.4) is 0 Å². The van der Waals surface area contributed by atoms with Gasteiger partial charge in [0.25, 0.3) is 5.91 Å². The summed E-state index contributed by atoms with van der Waals surface area (Å²) in [6.45, 7) is 3.26. The first kappa shape index (κ1) is 24.5. The van der Waals surface area contributed by atoms with Crippen LogP contribution in [0.2, 0.25) is 0 Å². The van der Waals surface area contributed by atoms with Crippen molar-refractivity contribution < 1.29 is 24.2 Å². The van der Waals surface area contributed by atoms with Gasteiger partial charge >= 0.3 is 0 Å². The van der Waals surface area contributed by atoms with E-state index in [2.05, 4.69) is 54.2 Å². The predicted octanol–water partition coefficient (Wildman–Crippen LogP) is 1.39. The Hall–Kier alpha value is -3.11. The number of anilines is 1. The van der Waals surface area contributed by atoms with Crippen LogP contribution < -0.4 is 15.8 Å². The summed E-state index contributed by atoms with van der Waals surface area (Å²) in [7, 11) is 1.98. The van der Waals surface area contributed by atoms with Crippen LogP contribution in [0.5, 0.6) is 0 Å². The summed E-state index contributed by atoms with van der Waals surface area (Å²) in [6.07, 6.45) is 0.679. The number of carbonyl (C=O) groups excluding carboxylic acids is 2. The Morgan fingerprint density at radius 1 is 1.18 bits per heavy atom. The highest BCUT2D eigenvalue weighted by Crippen LogP contribution is 2.25. The van der Waals surface area contributed by atoms with Crippen molar-refractivity contribution >= 4 is 17.9 Å². The number of nitrogens with one attached hydrogen (secondary N) is 2. The number of aldehydes is 1. The fourth-order valence-corrected chi connectivity index (χ4v) is 3.57. The van der Waals surface area contributed by atoms with Gasteiger partial charge in [-0.25, -0.2) is 9.82 Å². The summed E-state index contributed by atoms with van der Waals surface area (Å²) in [5.41, 5.74) is 6.79. The second kappa shape index (κ2) is 11.2. The lowest BCUT2D eigenvalue weighted by Gasteiger charge is -2.20. The van der Waals surface area contributed by atoms with Crippen molar-refractivity contribution in [2.45, 2.75) is 38.3 Å². The number of nitrogens with zero attached hydrogens (tertiary/aromatic N) is 2. The Morgan fingerprint density at radius 3 is 2.48 bits per heavy atom. The maximum Gasteiger partial charge on any atom is 0.255 e. The SMILES string of the molecule is CN[C@H](C)c1ccc(N2C=CCN2)cc1.O=C[C@H](O)[C@@H](O)C(=O)N1Cc2cccc(F)c2C1. The first-order chi connectivity index (χ1) is 15.8. The van der Waals surface area contributed by atoms with Crippen LogP contribution in [-0.2, 0) is 22.7 Å². The molecule has 0 saturated heterocycles. The van der Waals surface area contributed by atoms with E-state index < -0.39 is 23.9 Å². The molecule has 0 fully saturated rings. The highest BCUT2D eigenvalue weighted by atomic mass is 19.1. The molecule has 2 aromatic carbocycles. The number of hydrogen-bond acceptors (Lipinski definition) is 7. The van der Waals surface area contributed by atoms with Gasteiger partial charge < -0.3 is 25.2 Å². The molecule has 2 heterocycles. The Kier molecular flexibility index (Phi) is 8.29. The monoisotopic (exact) mass is 456 g/mol. The molecule has 0 bridgehead atoms. The zero-order valence-electron chi connectivity index (χ0n) is 18.6. The van der Waals surface area contributed by atoms with Gasteiger partial charge in [0.2, 0.25) is 0 Å². The van der Waals surface area contributed by atoms with Crippen molar-refractivity contribution in [3.05, 3.63) is 77.2 Å². The van der Waals surface area contributed by atoms with E-state index in [0.717, 1.165) is 6.54 Å². The highest BCUT2D eigenvalue weighted by molar-refractivity contribution is 5.85. The fraction of sp³-hybridized carbons (Fsp3) is 0.333. The van der Waals surface area contributed by atoms with Crippen LogP contribution in [0.15, 0.2) is 54.7 Å². The van der Waals surface area contributed by atoms with Gasteiger partial charge in [0.05, 0.1) is 5.69 Å². The third-order valence-corrected chi connectivity index (χ3v) is 5.69. The lowest BCUT2D eigenvalue weighted by Crippen LogP contribution is -2.43. The normalized spacial score (nSPS) is 17.1. The summed E-state index contributed by atoms with van der Waals surface area (Å²) >= 11 is 0. The number of benzene rings is 2. The second-order valence-electron chi connectivity index (χ2n) is 7.86. The molecule has 1 amide bonds. The fourth-order valence-electron chi connectivity index (χ4n) is 3.57. The van der Waals surface area contributed by atoms with Gasteiger partial charge in [-0.2, -0.15) is 0 Å². The van der Waals surface area contributed by atoms with Crippen molar-refractivity contribution in [2.75, 3.05) is 18.6 Å². The number of aliphatic hydroxyl groups excluding tert-OH is 2. The Bertz CT molecular complexity index is 998. The maximum absolute atomic E-state index is 13.4. The van der Waals surface area contributed by atoms with E-state index in [0.29, 0.717) is 17.2 Å². The maximum atomic E-state index is 13.4. The third kappa shape index (κ3) is 5.82. The molecule has 0 aromatic heterocycles. The average molecular weight is 457 g/mol. The van der Waals surface area contributed by atoms with Gasteiger partial charge in [0.1, 0.15) is 11.9 Å². The van der Waals surface area contributed by atoms with Gasteiger partial charge in [-0.05, 0) is 43.3 Å². The van der Waals surface area contributed by atoms with E-state index >= 15 is 0 Å². The molecule has 2 aliphatic heterocycles. The number of amides is 1. The molecule has 4 N–H and O–H groups in total. The van der Waals surface area contributed by atoms with E-state index in [1.54, 1.807) is 12.1 Å². The molecule has 0 unspecified atom stereocenters. The third-order valence-electron chi connectivity index (χ3n) is 5.69. The molecule has 2 aromatic rings. The molecule has 3 atom stereocenters. The standard InChI is InChI=1S/C12H12FNO4.C12H17N3/c13-9-3-1-2-7-4-14(5-8(7)9)12(18)11(17)10(16)6-15;1-10(13-2)11-4-6-12(7-5-11)15-9-3-8-14-15/h1-3,6,10-11,16-17H,4-5H2;3-7,9-10,13-14H,8H2,1-2H3/t10-,11+;10-/m01/s1. The Labute approximate surface area is 192 Å². The Balaban J connectivity index is 0.000000189. The van der Waals surface area contributed by atoms with E-state index in [9.17, 15) is 19.1 Å². The number of halogens is 1. The van der Waals surface area contributed by atoms with Crippen molar-refractivity contribution in [1.82, 2.24) is 15.6 Å². The van der Waals surface area contributed by atoms with Crippen LogP contribution in [-0.4, -0.2) is 53.1 Å². The van der Waals surface area contributed by atoms with Gasteiger partial charge in [0, 0.05) is 37.4 Å². The lowest BCUT2D eigenvalue weighted by atomic mass is 10.1. The smallest absolute Gasteiger partial charge is 0.255 e. The van der Waals surface area contributed by atoms with E-state index in [1.165, 1.54) is 22.2 Å². The summed E-state index contributed by atoms with van der Waals surface area (Å²) < 4.78 is 13.4. The molecule has 176 valence electrons. The number of fused-ring (bicyclic) bond motifs is 1. The van der Waals surface area contributed by atoms with E-state index in [4.69, 9.17) is 5.11 Å². The summed E-state index contributed by atoms with van der Waals surface area (Å²) in [5.74, 6) is -1.20. The van der Waals surface area contributed by atoms with Crippen LogP contribution in [0.25, 0.3) is 0 Å². The van der Waals surface area contributed by atoms with Crippen molar-refractivity contribution in [3.8, 4) is 0 Å². The molecule has 0 radical (unpaired) electrons. The average Bonchev–Trinajstić information content (AvgIpc) is 3.54. The molecule has 2 aliphatic rings. The van der Waals surface area contributed by atoms with Gasteiger partial charge in [-0.1, -0.05) is 30.3 Å². The molecule has 0 spiro atoms. The van der Waals surface area contributed by atoms with Crippen molar-refractivity contribution in [1.29, 1.82) is 0 Å². The highest BCUT2D eigenvalue weighted by Gasteiger charge is 2.32. The molecule has 33 heavy (non-hydrogen) atoms. The summed E-state index contributed by atoms with van der Waals surface area (Å²) in [4.78, 5) is 23.3. The number of rotatable bonds is 6. The summed E-state index contributed by atoms with van der Waals surface area (Å²) in [5, 5.41) is 23.8. The molecular formula is C24H29FN4O4. The quantitative estimate of drug-likeness (QED) is 0.487. The first-order valence-electron chi connectivity index (χ1n) is 10.7. The minimum atomic E-state index is -1.81. The molecule has 0 aliphatic carbocycles. The van der Waals surface area contributed by atoms with Crippen LogP contribution >= 0.6 is 0 Å².